The fourth-order valence-electron chi connectivity index (χ4n) is 4.73. The van der Waals surface area contributed by atoms with Crippen LogP contribution < -0.4 is 25.5 Å². The van der Waals surface area contributed by atoms with Crippen molar-refractivity contribution in [2.45, 2.75) is 40.0 Å². The van der Waals surface area contributed by atoms with Gasteiger partial charge in [-0.05, 0) is 79.3 Å². The molecule has 0 saturated carbocycles. The Hall–Kier alpha value is -4.92. The summed E-state index contributed by atoms with van der Waals surface area (Å²) in [5.74, 6) is 1.61. The third-order valence-electron chi connectivity index (χ3n) is 6.69. The Morgan fingerprint density at radius 1 is 1.14 bits per heavy atom. The highest BCUT2D eigenvalue weighted by molar-refractivity contribution is 5.84. The predicted molar refractivity (Wildman–Crippen MR) is 166 cm³/mol. The van der Waals surface area contributed by atoms with E-state index in [0.717, 1.165) is 28.0 Å². The van der Waals surface area contributed by atoms with Gasteiger partial charge in [0.05, 0.1) is 30.8 Å². The molecule has 9 heteroatoms. The van der Waals surface area contributed by atoms with Gasteiger partial charge in [-0.1, -0.05) is 32.1 Å². The Labute approximate surface area is 245 Å². The number of methoxy groups -OCH3 is 1. The molecule has 0 aliphatic rings. The number of rotatable bonds is 12. The van der Waals surface area contributed by atoms with Crippen LogP contribution in [0, 0.1) is 6.92 Å². The number of benzene rings is 3. The molecule has 1 aromatic heterocycles. The smallest absolute Gasteiger partial charge is 0.282 e. The molecule has 0 aliphatic carbocycles. The lowest BCUT2D eigenvalue weighted by Gasteiger charge is -2.17. The number of fused-ring (bicyclic) bond motifs is 1. The van der Waals surface area contributed by atoms with Crippen molar-refractivity contribution in [3.8, 4) is 28.6 Å². The summed E-state index contributed by atoms with van der Waals surface area (Å²) in [5.41, 5.74) is 9.64. The van der Waals surface area contributed by atoms with Gasteiger partial charge < -0.3 is 19.9 Å². The fourth-order valence-corrected chi connectivity index (χ4v) is 4.73. The summed E-state index contributed by atoms with van der Waals surface area (Å²) in [6.07, 6.45) is 3.75. The summed E-state index contributed by atoms with van der Waals surface area (Å²) < 4.78 is 18.5. The lowest BCUT2D eigenvalue weighted by molar-refractivity contribution is -0.119. The number of para-hydroxylation sites is 1. The van der Waals surface area contributed by atoms with E-state index in [1.54, 1.807) is 37.6 Å². The molecule has 1 heterocycles. The van der Waals surface area contributed by atoms with E-state index in [-0.39, 0.29) is 18.1 Å². The summed E-state index contributed by atoms with van der Waals surface area (Å²) in [7, 11) is 1.65. The maximum atomic E-state index is 13.8. The van der Waals surface area contributed by atoms with E-state index in [1.165, 1.54) is 4.68 Å². The van der Waals surface area contributed by atoms with Gasteiger partial charge in [-0.3, -0.25) is 9.59 Å². The zero-order valence-corrected chi connectivity index (χ0v) is 24.6. The van der Waals surface area contributed by atoms with Crippen molar-refractivity contribution in [1.29, 1.82) is 0 Å². The van der Waals surface area contributed by atoms with Crippen molar-refractivity contribution < 1.29 is 19.0 Å². The van der Waals surface area contributed by atoms with Crippen molar-refractivity contribution in [2.75, 3.05) is 20.3 Å². The maximum Gasteiger partial charge on any atom is 0.282 e. The molecule has 0 fully saturated rings. The van der Waals surface area contributed by atoms with Gasteiger partial charge in [0.15, 0.2) is 23.9 Å². The third-order valence-corrected chi connectivity index (χ3v) is 6.69. The van der Waals surface area contributed by atoms with Crippen LogP contribution in [0.2, 0.25) is 0 Å². The lowest BCUT2D eigenvalue weighted by atomic mass is 9.96. The first-order chi connectivity index (χ1) is 20.2. The van der Waals surface area contributed by atoms with E-state index in [0.29, 0.717) is 46.8 Å². The lowest BCUT2D eigenvalue weighted by Crippen LogP contribution is -2.21. The molecule has 3 aromatic carbocycles. The minimum Gasteiger partial charge on any atom is -0.496 e. The number of ether oxygens (including phenoxy) is 3. The number of aryl methyl sites for hydroxylation is 1. The first-order valence-electron chi connectivity index (χ1n) is 13.7. The molecule has 0 aliphatic heterocycles. The number of amides is 1. The molecule has 0 atom stereocenters. The second-order valence-electron chi connectivity index (χ2n) is 10.1. The van der Waals surface area contributed by atoms with Crippen LogP contribution in [0.1, 0.15) is 48.9 Å². The fraction of sp³-hybridized carbons (Fsp3) is 0.273. The molecule has 42 heavy (non-hydrogen) atoms. The average Bonchev–Trinajstić information content (AvgIpc) is 2.96. The number of primary amides is 1. The van der Waals surface area contributed by atoms with Crippen LogP contribution in [0.15, 0.2) is 71.1 Å². The SMILES string of the molecule is C=CCc1cc(C=Nn2c(-c3cc(C(C)C)c(OC)cc3C)nc3ccccc3c2=O)cc(OCC)c1OCC(N)=O. The number of carbonyl (C=O) groups excluding carboxylic acids is 1. The molecule has 0 spiro atoms. The topological polar surface area (TPSA) is 118 Å². The first kappa shape index (κ1) is 30.0. The Balaban J connectivity index is 1.93. The van der Waals surface area contributed by atoms with Crippen LogP contribution >= 0.6 is 0 Å². The van der Waals surface area contributed by atoms with Gasteiger partial charge in [-0.15, -0.1) is 6.58 Å². The number of carbonyl (C=O) groups is 1. The van der Waals surface area contributed by atoms with Gasteiger partial charge in [0, 0.05) is 11.1 Å². The second kappa shape index (κ2) is 13.2. The molecule has 0 bridgehead atoms. The number of nitrogens with zero attached hydrogens (tertiary/aromatic N) is 3. The van der Waals surface area contributed by atoms with Crippen molar-refractivity contribution in [1.82, 2.24) is 9.66 Å². The molecule has 0 radical (unpaired) electrons. The minimum absolute atomic E-state index is 0.180. The number of nitrogens with two attached hydrogens (primary N) is 1. The summed E-state index contributed by atoms with van der Waals surface area (Å²) in [6.45, 7) is 11.9. The summed E-state index contributed by atoms with van der Waals surface area (Å²) in [5, 5.41) is 5.11. The Morgan fingerprint density at radius 3 is 2.57 bits per heavy atom. The monoisotopic (exact) mass is 568 g/mol. The van der Waals surface area contributed by atoms with E-state index in [2.05, 4.69) is 25.5 Å². The Morgan fingerprint density at radius 2 is 1.90 bits per heavy atom. The second-order valence-corrected chi connectivity index (χ2v) is 10.1. The minimum atomic E-state index is -0.599. The molecular weight excluding hydrogens is 532 g/mol. The predicted octanol–water partition coefficient (Wildman–Crippen LogP) is 5.38. The van der Waals surface area contributed by atoms with Crippen LogP contribution in [-0.4, -0.2) is 42.1 Å². The normalized spacial score (nSPS) is 11.3. The third kappa shape index (κ3) is 6.35. The molecule has 4 aromatic rings. The Kier molecular flexibility index (Phi) is 9.42. The van der Waals surface area contributed by atoms with Crippen molar-refractivity contribution >= 4 is 23.0 Å². The summed E-state index contributed by atoms with van der Waals surface area (Å²) >= 11 is 0. The standard InChI is InChI=1S/C33H36N4O5/c1-7-11-23-15-22(16-29(41-8-2)31(23)42-19-30(34)38)18-35-37-32(36-27-13-10-9-12-24(27)33(37)39)26-17-25(20(3)4)28(40-6)14-21(26)5/h7,9-10,12-18,20H,1,8,11,19H2,2-6H3,(H2,34,38). The molecule has 4 rings (SSSR count). The highest BCUT2D eigenvalue weighted by Crippen LogP contribution is 2.35. The van der Waals surface area contributed by atoms with Crippen LogP contribution in [0.25, 0.3) is 22.3 Å². The van der Waals surface area contributed by atoms with Gasteiger partial charge in [-0.25, -0.2) is 4.98 Å². The summed E-state index contributed by atoms with van der Waals surface area (Å²) in [6, 6.07) is 14.8. The van der Waals surface area contributed by atoms with E-state index in [4.69, 9.17) is 24.9 Å². The van der Waals surface area contributed by atoms with Crippen molar-refractivity contribution in [3.63, 3.8) is 0 Å². The number of allylic oxidation sites excluding steroid dienone is 1. The van der Waals surface area contributed by atoms with Gasteiger partial charge >= 0.3 is 0 Å². The highest BCUT2D eigenvalue weighted by Gasteiger charge is 2.19. The van der Waals surface area contributed by atoms with Crippen LogP contribution in [0.4, 0.5) is 0 Å². The zero-order valence-electron chi connectivity index (χ0n) is 24.6. The molecule has 9 nitrogen and oxygen atoms in total. The van der Waals surface area contributed by atoms with E-state index < -0.39 is 5.91 Å². The largest absolute Gasteiger partial charge is 0.496 e. The number of hydrogen-bond acceptors (Lipinski definition) is 7. The molecule has 2 N–H and O–H groups in total. The van der Waals surface area contributed by atoms with E-state index in [1.807, 2.05) is 44.2 Å². The highest BCUT2D eigenvalue weighted by atomic mass is 16.5. The number of hydrogen-bond donors (Lipinski definition) is 1. The van der Waals surface area contributed by atoms with Gasteiger partial charge in [0.25, 0.3) is 11.5 Å². The van der Waals surface area contributed by atoms with Crippen molar-refractivity contribution in [2.24, 2.45) is 10.8 Å². The van der Waals surface area contributed by atoms with E-state index in [9.17, 15) is 9.59 Å². The Bertz CT molecular complexity index is 1720. The van der Waals surface area contributed by atoms with Crippen molar-refractivity contribution in [3.05, 3.63) is 93.8 Å². The molecule has 0 unspecified atom stereocenters. The molecule has 218 valence electrons. The first-order valence-corrected chi connectivity index (χ1v) is 13.7. The number of aromatic nitrogens is 2. The van der Waals surface area contributed by atoms with E-state index >= 15 is 0 Å². The average molecular weight is 569 g/mol. The van der Waals surface area contributed by atoms with Gasteiger partial charge in [0.2, 0.25) is 0 Å². The summed E-state index contributed by atoms with van der Waals surface area (Å²) in [4.78, 5) is 30.1. The van der Waals surface area contributed by atoms with Gasteiger partial charge in [0.1, 0.15) is 5.75 Å². The molecular formula is C33H36N4O5. The van der Waals surface area contributed by atoms with Crippen LogP contribution in [-0.2, 0) is 11.2 Å². The molecule has 1 amide bonds. The molecule has 0 saturated heterocycles. The zero-order chi connectivity index (χ0) is 30.4. The van der Waals surface area contributed by atoms with Crippen LogP contribution in [0.5, 0.6) is 17.2 Å². The van der Waals surface area contributed by atoms with Gasteiger partial charge in [-0.2, -0.15) is 9.78 Å². The quantitative estimate of drug-likeness (QED) is 0.181. The van der Waals surface area contributed by atoms with Crippen LogP contribution in [0.3, 0.4) is 0 Å². The maximum absolute atomic E-state index is 13.8.